The third kappa shape index (κ3) is 5.79. The minimum absolute atomic E-state index is 0.330. The van der Waals surface area contributed by atoms with Crippen LogP contribution in [-0.2, 0) is 12.8 Å². The van der Waals surface area contributed by atoms with E-state index >= 15 is 0 Å². The zero-order chi connectivity index (χ0) is 31.5. The fraction of sp³-hybridized carbons (Fsp3) is 0.200. The van der Waals surface area contributed by atoms with Crippen molar-refractivity contribution in [3.63, 3.8) is 0 Å². The Kier molecular flexibility index (Phi) is 8.34. The van der Waals surface area contributed by atoms with Crippen LogP contribution in [0.15, 0.2) is 116 Å². The van der Waals surface area contributed by atoms with Crippen LogP contribution in [0.25, 0.3) is 44.4 Å². The zero-order valence-electron chi connectivity index (χ0n) is 26.3. The van der Waals surface area contributed by atoms with Crippen LogP contribution in [0.2, 0.25) is 0 Å². The summed E-state index contributed by atoms with van der Waals surface area (Å²) in [6.45, 7) is 4.49. The Morgan fingerprint density at radius 2 is 1.46 bits per heavy atom. The van der Waals surface area contributed by atoms with Crippen LogP contribution in [0.4, 0.5) is 4.39 Å². The van der Waals surface area contributed by atoms with Crippen LogP contribution < -0.4 is 4.74 Å². The molecule has 0 unspecified atom stereocenters. The Balaban J connectivity index is 1.22. The van der Waals surface area contributed by atoms with E-state index in [0.29, 0.717) is 17.3 Å². The Morgan fingerprint density at radius 3 is 2.24 bits per heavy atom. The van der Waals surface area contributed by atoms with Gasteiger partial charge in [-0.05, 0) is 78.8 Å². The molecule has 0 fully saturated rings. The molecule has 0 saturated carbocycles. The molecule has 4 aromatic carbocycles. The third-order valence-electron chi connectivity index (χ3n) is 8.61. The number of nitrogens with zero attached hydrogens (tertiary/aromatic N) is 4. The predicted molar refractivity (Wildman–Crippen MR) is 185 cm³/mol. The number of aromatic nitrogens is 4. The van der Waals surface area contributed by atoms with Gasteiger partial charge in [-0.15, -0.1) is 0 Å². The molecule has 0 atom stereocenters. The number of para-hydroxylation sites is 1. The molecule has 0 amide bonds. The monoisotopic (exact) mass is 608 g/mol. The van der Waals surface area contributed by atoms with E-state index in [2.05, 4.69) is 55.4 Å². The second-order valence-electron chi connectivity index (χ2n) is 11.8. The van der Waals surface area contributed by atoms with Gasteiger partial charge in [0.1, 0.15) is 23.1 Å². The number of unbranched alkanes of at least 4 members (excludes halogenated alkanes) is 2. The number of aryl methyl sites for hydroxylation is 2. The van der Waals surface area contributed by atoms with Gasteiger partial charge in [-0.25, -0.2) is 14.1 Å². The minimum Gasteiger partial charge on any atom is -0.457 e. The molecule has 230 valence electrons. The van der Waals surface area contributed by atoms with Gasteiger partial charge in [-0.3, -0.25) is 4.57 Å². The first-order valence-electron chi connectivity index (χ1n) is 16.2. The van der Waals surface area contributed by atoms with E-state index in [1.807, 2.05) is 70.0 Å². The third-order valence-corrected chi connectivity index (χ3v) is 8.61. The van der Waals surface area contributed by atoms with Crippen molar-refractivity contribution in [3.8, 4) is 34.1 Å². The number of rotatable bonds is 11. The Morgan fingerprint density at radius 1 is 0.717 bits per heavy atom. The lowest BCUT2D eigenvalue weighted by molar-refractivity contribution is 0.483. The molecular formula is C40H37FN4O. The fourth-order valence-corrected chi connectivity index (χ4v) is 6.37. The summed E-state index contributed by atoms with van der Waals surface area (Å²) >= 11 is 0. The van der Waals surface area contributed by atoms with Crippen LogP contribution in [0.5, 0.6) is 11.5 Å². The van der Waals surface area contributed by atoms with Crippen LogP contribution >= 0.6 is 0 Å². The normalized spacial score (nSPS) is 11.5. The number of benzene rings is 4. The van der Waals surface area contributed by atoms with E-state index in [0.717, 1.165) is 45.9 Å². The van der Waals surface area contributed by atoms with Gasteiger partial charge in [0.15, 0.2) is 0 Å². The molecule has 0 aliphatic carbocycles. The molecule has 5 nitrogen and oxygen atoms in total. The quantitative estimate of drug-likeness (QED) is 0.147. The summed E-state index contributed by atoms with van der Waals surface area (Å²) < 4.78 is 24.6. The average Bonchev–Trinajstić information content (AvgIpc) is 3.69. The molecule has 3 aromatic heterocycles. The molecule has 0 aliphatic rings. The van der Waals surface area contributed by atoms with Crippen LogP contribution in [0.3, 0.4) is 0 Å². The number of pyridine rings is 1. The lowest BCUT2D eigenvalue weighted by Gasteiger charge is -2.14. The Labute approximate surface area is 268 Å². The van der Waals surface area contributed by atoms with Crippen LogP contribution in [0.1, 0.15) is 50.7 Å². The highest BCUT2D eigenvalue weighted by atomic mass is 19.1. The van der Waals surface area contributed by atoms with Gasteiger partial charge < -0.3 is 4.74 Å². The van der Waals surface area contributed by atoms with Gasteiger partial charge in [-0.2, -0.15) is 5.10 Å². The largest absolute Gasteiger partial charge is 0.457 e. The van der Waals surface area contributed by atoms with Crippen LogP contribution in [-0.4, -0.2) is 19.3 Å². The highest BCUT2D eigenvalue weighted by molar-refractivity contribution is 6.09. The molecule has 0 spiro atoms. The van der Waals surface area contributed by atoms with Crippen molar-refractivity contribution in [1.29, 1.82) is 0 Å². The SMILES string of the molecule is CCCCc1cccc(CCCC)c1-c1cnn(-c2cccc(Oc3ccc4c5ccccc5n(-c5cc(F)ccn5)c4c3)c2)c1. The second-order valence-corrected chi connectivity index (χ2v) is 11.8. The number of hydrogen-bond acceptors (Lipinski definition) is 3. The van der Waals surface area contributed by atoms with Crippen molar-refractivity contribution in [2.24, 2.45) is 0 Å². The Bertz CT molecular complexity index is 2120. The standard InChI is InChI=1S/C40H37FN4O/c1-3-5-11-28-13-9-14-29(12-6-4-2)40(28)30-26-43-44(27-30)32-15-10-16-33(24-32)46-34-19-20-36-35-17-7-8-18-37(35)45(38(36)25-34)39-23-31(41)21-22-42-39/h7-10,13-27H,3-6,11-12H2,1-2H3. The van der Waals surface area contributed by atoms with E-state index < -0.39 is 0 Å². The molecular weight excluding hydrogens is 571 g/mol. The highest BCUT2D eigenvalue weighted by Gasteiger charge is 2.16. The molecule has 0 aliphatic heterocycles. The molecule has 3 heterocycles. The van der Waals surface area contributed by atoms with E-state index in [4.69, 9.17) is 9.84 Å². The van der Waals surface area contributed by atoms with E-state index in [1.54, 1.807) is 0 Å². The highest BCUT2D eigenvalue weighted by Crippen LogP contribution is 2.36. The molecule has 0 N–H and O–H groups in total. The number of ether oxygens (including phenoxy) is 1. The maximum atomic E-state index is 14.3. The van der Waals surface area contributed by atoms with E-state index in [9.17, 15) is 4.39 Å². The van der Waals surface area contributed by atoms with Gasteiger partial charge >= 0.3 is 0 Å². The van der Waals surface area contributed by atoms with Crippen molar-refractivity contribution < 1.29 is 9.13 Å². The molecule has 6 heteroatoms. The van der Waals surface area contributed by atoms with Crippen molar-refractivity contribution >= 4 is 21.8 Å². The fourth-order valence-electron chi connectivity index (χ4n) is 6.37. The maximum absolute atomic E-state index is 14.3. The summed E-state index contributed by atoms with van der Waals surface area (Å²) in [7, 11) is 0. The molecule has 46 heavy (non-hydrogen) atoms. The summed E-state index contributed by atoms with van der Waals surface area (Å²) in [5.41, 5.74) is 8.04. The number of halogens is 1. The molecule has 7 aromatic rings. The van der Waals surface area contributed by atoms with Gasteiger partial charge in [0.05, 0.1) is 22.9 Å². The summed E-state index contributed by atoms with van der Waals surface area (Å²) in [6, 6.07) is 31.7. The van der Waals surface area contributed by atoms with Crippen molar-refractivity contribution in [2.45, 2.75) is 52.4 Å². The lowest BCUT2D eigenvalue weighted by atomic mass is 9.91. The van der Waals surface area contributed by atoms with Gasteiger partial charge in [0.2, 0.25) is 0 Å². The first kappa shape index (κ1) is 29.5. The minimum atomic E-state index is -0.330. The number of fused-ring (bicyclic) bond motifs is 3. The van der Waals surface area contributed by atoms with Crippen LogP contribution in [0, 0.1) is 5.82 Å². The number of hydrogen-bond donors (Lipinski definition) is 0. The first-order chi connectivity index (χ1) is 22.6. The zero-order valence-corrected chi connectivity index (χ0v) is 26.3. The predicted octanol–water partition coefficient (Wildman–Crippen LogP) is 10.6. The summed E-state index contributed by atoms with van der Waals surface area (Å²) in [6.07, 6.45) is 12.4. The first-order valence-corrected chi connectivity index (χ1v) is 16.2. The van der Waals surface area contributed by atoms with E-state index in [-0.39, 0.29) is 5.82 Å². The summed E-state index contributed by atoms with van der Waals surface area (Å²) in [5.74, 6) is 1.57. The molecule has 0 radical (unpaired) electrons. The molecule has 0 saturated heterocycles. The maximum Gasteiger partial charge on any atom is 0.140 e. The van der Waals surface area contributed by atoms with Gasteiger partial charge in [0.25, 0.3) is 0 Å². The van der Waals surface area contributed by atoms with Gasteiger partial charge in [0, 0.05) is 46.9 Å². The molecule has 0 bridgehead atoms. The van der Waals surface area contributed by atoms with Crippen molar-refractivity contribution in [2.75, 3.05) is 0 Å². The lowest BCUT2D eigenvalue weighted by Crippen LogP contribution is -1.98. The Hall–Kier alpha value is -5.23. The van der Waals surface area contributed by atoms with E-state index in [1.165, 1.54) is 60.7 Å². The summed E-state index contributed by atoms with van der Waals surface area (Å²) in [4.78, 5) is 4.48. The van der Waals surface area contributed by atoms with Gasteiger partial charge in [-0.1, -0.05) is 69.2 Å². The average molecular weight is 609 g/mol. The topological polar surface area (TPSA) is 44.9 Å². The second kappa shape index (κ2) is 13.0. The molecule has 7 rings (SSSR count). The summed E-state index contributed by atoms with van der Waals surface area (Å²) in [5, 5.41) is 6.91. The van der Waals surface area contributed by atoms with Crippen molar-refractivity contribution in [1.82, 2.24) is 19.3 Å². The smallest absolute Gasteiger partial charge is 0.140 e. The van der Waals surface area contributed by atoms with Crippen molar-refractivity contribution in [3.05, 3.63) is 133 Å².